The zero-order valence-corrected chi connectivity index (χ0v) is 16.7. The molecule has 142 valence electrons. The van der Waals surface area contributed by atoms with Gasteiger partial charge in [0.05, 0.1) is 22.3 Å². The van der Waals surface area contributed by atoms with Crippen molar-refractivity contribution in [3.05, 3.63) is 95.7 Å². The molecule has 0 spiro atoms. The molecule has 0 aliphatic heterocycles. The van der Waals surface area contributed by atoms with Gasteiger partial charge in [-0.05, 0) is 36.2 Å². The Morgan fingerprint density at radius 1 is 1.03 bits per heavy atom. The Labute approximate surface area is 172 Å². The summed E-state index contributed by atoms with van der Waals surface area (Å²) >= 11 is 1.55. The Morgan fingerprint density at radius 3 is 2.69 bits per heavy atom. The van der Waals surface area contributed by atoms with Crippen LogP contribution in [0.15, 0.2) is 79.0 Å². The first-order valence-corrected chi connectivity index (χ1v) is 10.3. The van der Waals surface area contributed by atoms with Gasteiger partial charge < -0.3 is 4.98 Å². The van der Waals surface area contributed by atoms with Crippen molar-refractivity contribution in [1.29, 1.82) is 0 Å². The molecule has 5 heteroatoms. The highest BCUT2D eigenvalue weighted by Gasteiger charge is 2.24. The fraction of sp³-hybridized carbons (Fsp3) is 0.0833. The van der Waals surface area contributed by atoms with Gasteiger partial charge in [-0.15, -0.1) is 0 Å². The lowest BCUT2D eigenvalue weighted by Crippen LogP contribution is -2.30. The van der Waals surface area contributed by atoms with E-state index in [2.05, 4.69) is 24.0 Å². The van der Waals surface area contributed by atoms with Gasteiger partial charge in [-0.1, -0.05) is 65.9 Å². The zero-order valence-electron chi connectivity index (χ0n) is 15.9. The van der Waals surface area contributed by atoms with Crippen molar-refractivity contribution in [3.8, 4) is 0 Å². The third-order valence-corrected chi connectivity index (χ3v) is 6.05. The van der Waals surface area contributed by atoms with Crippen LogP contribution >= 0.6 is 11.3 Å². The molecule has 5 rings (SSSR count). The van der Waals surface area contributed by atoms with E-state index >= 15 is 0 Å². The summed E-state index contributed by atoms with van der Waals surface area (Å²) in [4.78, 5) is 23.4. The van der Waals surface area contributed by atoms with Crippen molar-refractivity contribution >= 4 is 43.5 Å². The smallest absolute Gasteiger partial charge is 0.262 e. The van der Waals surface area contributed by atoms with E-state index in [0.29, 0.717) is 17.2 Å². The summed E-state index contributed by atoms with van der Waals surface area (Å²) in [5, 5.41) is 1.64. The summed E-state index contributed by atoms with van der Waals surface area (Å²) in [5.74, 6) is -0.0536. The van der Waals surface area contributed by atoms with Gasteiger partial charge in [-0.3, -0.25) is 9.69 Å². The van der Waals surface area contributed by atoms with Crippen LogP contribution < -0.4 is 4.90 Å². The highest BCUT2D eigenvalue weighted by atomic mass is 32.1. The highest BCUT2D eigenvalue weighted by molar-refractivity contribution is 7.22. The van der Waals surface area contributed by atoms with Crippen LogP contribution in [0.4, 0.5) is 5.13 Å². The number of hydrogen-bond donors (Lipinski definition) is 1. The van der Waals surface area contributed by atoms with Crippen LogP contribution in [-0.4, -0.2) is 15.9 Å². The quantitative estimate of drug-likeness (QED) is 0.408. The van der Waals surface area contributed by atoms with Gasteiger partial charge in [0.15, 0.2) is 5.13 Å². The second kappa shape index (κ2) is 7.18. The van der Waals surface area contributed by atoms with Gasteiger partial charge in [0.25, 0.3) is 5.91 Å². The number of thiazole rings is 1. The number of aromatic amines is 1. The van der Waals surface area contributed by atoms with Crippen LogP contribution in [0.2, 0.25) is 0 Å². The maximum absolute atomic E-state index is 13.6. The average Bonchev–Trinajstić information content (AvgIpc) is 3.36. The van der Waals surface area contributed by atoms with E-state index in [9.17, 15) is 4.79 Å². The van der Waals surface area contributed by atoms with E-state index in [4.69, 9.17) is 4.98 Å². The molecule has 4 nitrogen and oxygen atoms in total. The summed E-state index contributed by atoms with van der Waals surface area (Å²) in [6, 6.07) is 24.1. The lowest BCUT2D eigenvalue weighted by atomic mass is 10.1. The van der Waals surface area contributed by atoms with E-state index in [-0.39, 0.29) is 5.91 Å². The number of benzene rings is 3. The molecule has 0 fully saturated rings. The van der Waals surface area contributed by atoms with Crippen molar-refractivity contribution in [2.24, 2.45) is 0 Å². The molecule has 0 saturated heterocycles. The van der Waals surface area contributed by atoms with Crippen LogP contribution in [-0.2, 0) is 6.54 Å². The molecule has 1 amide bonds. The molecule has 0 atom stereocenters. The predicted molar refractivity (Wildman–Crippen MR) is 120 cm³/mol. The Hall–Kier alpha value is -3.44. The van der Waals surface area contributed by atoms with Gasteiger partial charge in [0.1, 0.15) is 0 Å². The van der Waals surface area contributed by atoms with Crippen molar-refractivity contribution in [1.82, 2.24) is 9.97 Å². The molecule has 0 saturated carbocycles. The Morgan fingerprint density at radius 2 is 1.83 bits per heavy atom. The third-order valence-electron chi connectivity index (χ3n) is 5.01. The van der Waals surface area contributed by atoms with Gasteiger partial charge >= 0.3 is 0 Å². The number of hydrogen-bond acceptors (Lipinski definition) is 3. The number of anilines is 1. The van der Waals surface area contributed by atoms with Crippen molar-refractivity contribution in [3.63, 3.8) is 0 Å². The largest absolute Gasteiger partial charge is 0.360 e. The molecule has 5 aromatic rings. The number of amides is 1. The predicted octanol–water partition coefficient (Wildman–Crippen LogP) is 5.93. The number of aromatic nitrogens is 2. The second-order valence-electron chi connectivity index (χ2n) is 7.09. The number of rotatable bonds is 4. The van der Waals surface area contributed by atoms with Gasteiger partial charge in [0, 0.05) is 17.1 Å². The minimum absolute atomic E-state index is 0.0536. The molecule has 0 aliphatic carbocycles. The Balaban J connectivity index is 1.61. The average molecular weight is 398 g/mol. The Kier molecular flexibility index (Phi) is 4.37. The fourth-order valence-corrected chi connectivity index (χ4v) is 4.58. The molecule has 1 N–H and O–H groups in total. The maximum Gasteiger partial charge on any atom is 0.262 e. The van der Waals surface area contributed by atoms with Crippen LogP contribution in [0.1, 0.15) is 21.5 Å². The van der Waals surface area contributed by atoms with Crippen LogP contribution in [0.3, 0.4) is 0 Å². The number of nitrogens with one attached hydrogen (secondary N) is 1. The van der Waals surface area contributed by atoms with E-state index in [1.54, 1.807) is 22.4 Å². The molecule has 0 bridgehead atoms. The van der Waals surface area contributed by atoms with E-state index in [0.717, 1.165) is 26.7 Å². The summed E-state index contributed by atoms with van der Waals surface area (Å²) in [6.45, 7) is 2.54. The number of nitrogens with zero attached hydrogens (tertiary/aromatic N) is 2. The summed E-state index contributed by atoms with van der Waals surface area (Å²) < 4.78 is 1.09. The standard InChI is InChI=1S/C24H19N3OS/c1-16-11-12-21-22(13-16)29-24(26-21)27(15-17-7-3-2-4-8-17)23(28)19-14-25-20-10-6-5-9-18(19)20/h2-14,25H,15H2,1H3. The monoisotopic (exact) mass is 397 g/mol. The minimum Gasteiger partial charge on any atom is -0.360 e. The number of fused-ring (bicyclic) bond motifs is 2. The van der Waals surface area contributed by atoms with Crippen molar-refractivity contribution < 1.29 is 4.79 Å². The SMILES string of the molecule is Cc1ccc2nc(N(Cc3ccccc3)C(=O)c3c[nH]c4ccccc34)sc2c1. The molecule has 0 radical (unpaired) electrons. The first-order chi connectivity index (χ1) is 14.2. The first-order valence-electron chi connectivity index (χ1n) is 9.48. The number of H-pyrrole nitrogens is 1. The third kappa shape index (κ3) is 3.30. The number of carbonyl (C=O) groups excluding carboxylic acids is 1. The van der Waals surface area contributed by atoms with Gasteiger partial charge in [0.2, 0.25) is 0 Å². The molecule has 0 aliphatic rings. The minimum atomic E-state index is -0.0536. The lowest BCUT2D eigenvalue weighted by Gasteiger charge is -2.20. The molecule has 2 heterocycles. The summed E-state index contributed by atoms with van der Waals surface area (Å²) in [5.41, 5.74) is 4.78. The summed E-state index contributed by atoms with van der Waals surface area (Å²) in [6.07, 6.45) is 1.79. The van der Waals surface area contributed by atoms with Crippen LogP contribution in [0.5, 0.6) is 0 Å². The van der Waals surface area contributed by atoms with E-state index in [1.165, 1.54) is 5.56 Å². The lowest BCUT2D eigenvalue weighted by molar-refractivity contribution is 0.0986. The van der Waals surface area contributed by atoms with Crippen LogP contribution in [0.25, 0.3) is 21.1 Å². The van der Waals surface area contributed by atoms with Crippen LogP contribution in [0, 0.1) is 6.92 Å². The number of carbonyl (C=O) groups is 1. The number of para-hydroxylation sites is 1. The van der Waals surface area contributed by atoms with Gasteiger partial charge in [-0.2, -0.15) is 0 Å². The van der Waals surface area contributed by atoms with Crippen molar-refractivity contribution in [2.75, 3.05) is 4.90 Å². The Bertz CT molecular complexity index is 1320. The maximum atomic E-state index is 13.6. The molecule has 29 heavy (non-hydrogen) atoms. The molecule has 2 aromatic heterocycles. The zero-order chi connectivity index (χ0) is 19.8. The first kappa shape index (κ1) is 17.6. The topological polar surface area (TPSA) is 49.0 Å². The number of aryl methyl sites for hydroxylation is 1. The molecular formula is C24H19N3OS. The van der Waals surface area contributed by atoms with Crippen molar-refractivity contribution in [2.45, 2.75) is 13.5 Å². The molecular weight excluding hydrogens is 378 g/mol. The van der Waals surface area contributed by atoms with Gasteiger partial charge in [-0.25, -0.2) is 4.98 Å². The fourth-order valence-electron chi connectivity index (χ4n) is 3.52. The highest BCUT2D eigenvalue weighted by Crippen LogP contribution is 2.32. The van der Waals surface area contributed by atoms with E-state index in [1.807, 2.05) is 60.7 Å². The van der Waals surface area contributed by atoms with E-state index < -0.39 is 0 Å². The second-order valence-corrected chi connectivity index (χ2v) is 8.10. The summed E-state index contributed by atoms with van der Waals surface area (Å²) in [7, 11) is 0. The normalized spacial score (nSPS) is 11.2. The molecule has 0 unspecified atom stereocenters. The molecule has 3 aromatic carbocycles.